The van der Waals surface area contributed by atoms with E-state index >= 15 is 0 Å². The highest BCUT2D eigenvalue weighted by Crippen LogP contribution is 2.33. The minimum Gasteiger partial charge on any atom is -0.465 e. The van der Waals surface area contributed by atoms with Gasteiger partial charge in [-0.2, -0.15) is 0 Å². The molecule has 0 saturated carbocycles. The lowest BCUT2D eigenvalue weighted by Crippen LogP contribution is -2.34. The zero-order valence-corrected chi connectivity index (χ0v) is 16.1. The van der Waals surface area contributed by atoms with Gasteiger partial charge < -0.3 is 26.2 Å². The Morgan fingerprint density at radius 1 is 1.38 bits per heavy atom. The van der Waals surface area contributed by atoms with Gasteiger partial charge in [0.2, 0.25) is 5.82 Å². The molecule has 1 amide bonds. The van der Waals surface area contributed by atoms with E-state index < -0.39 is 22.8 Å². The highest BCUT2D eigenvalue weighted by Gasteiger charge is 2.25. The first-order valence-corrected chi connectivity index (χ1v) is 8.88. The van der Waals surface area contributed by atoms with Crippen molar-refractivity contribution in [2.45, 2.75) is 13.0 Å². The SMILES string of the molecule is CCN(C(=O)O)c1cc(N)c([N+](=O)[O-])c(NCC(O)CN(C)c2ccccc2)n1. The van der Waals surface area contributed by atoms with Gasteiger partial charge in [-0.05, 0) is 19.1 Å². The molecule has 11 nitrogen and oxygen atoms in total. The van der Waals surface area contributed by atoms with Crippen molar-refractivity contribution in [1.82, 2.24) is 4.98 Å². The van der Waals surface area contributed by atoms with Crippen molar-refractivity contribution in [2.24, 2.45) is 0 Å². The van der Waals surface area contributed by atoms with Crippen molar-refractivity contribution in [3.63, 3.8) is 0 Å². The second kappa shape index (κ2) is 9.55. The van der Waals surface area contributed by atoms with Gasteiger partial charge in [-0.1, -0.05) is 18.2 Å². The number of hydrogen-bond donors (Lipinski definition) is 4. The Morgan fingerprint density at radius 2 is 2.03 bits per heavy atom. The number of nitro groups is 1. The minimum absolute atomic E-state index is 0.0403. The summed E-state index contributed by atoms with van der Waals surface area (Å²) in [6.07, 6.45) is -2.14. The smallest absolute Gasteiger partial charge is 0.413 e. The number of aliphatic hydroxyl groups is 1. The molecule has 29 heavy (non-hydrogen) atoms. The lowest BCUT2D eigenvalue weighted by atomic mass is 10.2. The molecule has 2 rings (SSSR count). The number of aromatic nitrogens is 1. The van der Waals surface area contributed by atoms with Crippen LogP contribution < -0.4 is 20.9 Å². The van der Waals surface area contributed by atoms with E-state index in [0.717, 1.165) is 16.7 Å². The van der Waals surface area contributed by atoms with Gasteiger partial charge in [0, 0.05) is 38.4 Å². The fourth-order valence-corrected chi connectivity index (χ4v) is 2.78. The molecule has 156 valence electrons. The topological polar surface area (TPSA) is 158 Å². The Kier molecular flexibility index (Phi) is 7.15. The van der Waals surface area contributed by atoms with Crippen LogP contribution in [0.2, 0.25) is 0 Å². The summed E-state index contributed by atoms with van der Waals surface area (Å²) in [4.78, 5) is 28.8. The van der Waals surface area contributed by atoms with Gasteiger partial charge in [-0.25, -0.2) is 9.78 Å². The highest BCUT2D eigenvalue weighted by atomic mass is 16.6. The predicted molar refractivity (Wildman–Crippen MR) is 111 cm³/mol. The summed E-state index contributed by atoms with van der Waals surface area (Å²) in [5.41, 5.74) is 5.97. The fraction of sp³-hybridized carbons (Fsp3) is 0.333. The van der Waals surface area contributed by atoms with E-state index in [9.17, 15) is 25.1 Å². The zero-order chi connectivity index (χ0) is 21.6. The summed E-state index contributed by atoms with van der Waals surface area (Å²) in [6, 6.07) is 10.6. The Labute approximate surface area is 167 Å². The number of nitrogens with two attached hydrogens (primary N) is 1. The summed E-state index contributed by atoms with van der Waals surface area (Å²) in [7, 11) is 1.81. The molecule has 1 aromatic carbocycles. The van der Waals surface area contributed by atoms with Crippen LogP contribution in [0.4, 0.5) is 33.5 Å². The Balaban J connectivity index is 2.18. The maximum atomic E-state index is 11.4. The van der Waals surface area contributed by atoms with Crippen LogP contribution >= 0.6 is 0 Å². The van der Waals surface area contributed by atoms with E-state index in [0.29, 0.717) is 0 Å². The van der Waals surface area contributed by atoms with Gasteiger partial charge in [-0.3, -0.25) is 15.0 Å². The van der Waals surface area contributed by atoms with Gasteiger partial charge in [0.25, 0.3) is 0 Å². The molecule has 0 radical (unpaired) electrons. The number of carbonyl (C=O) groups is 1. The van der Waals surface area contributed by atoms with E-state index in [1.165, 1.54) is 0 Å². The van der Waals surface area contributed by atoms with E-state index in [4.69, 9.17) is 5.73 Å². The maximum absolute atomic E-state index is 11.4. The molecule has 0 saturated heterocycles. The van der Waals surface area contributed by atoms with Crippen LogP contribution in [0.3, 0.4) is 0 Å². The summed E-state index contributed by atoms with van der Waals surface area (Å²) in [6.45, 7) is 1.90. The molecule has 0 spiro atoms. The molecule has 1 aromatic heterocycles. The van der Waals surface area contributed by atoms with Crippen LogP contribution in [0.1, 0.15) is 6.92 Å². The molecule has 11 heteroatoms. The van der Waals surface area contributed by atoms with Crippen molar-refractivity contribution in [3.8, 4) is 0 Å². The fourth-order valence-electron chi connectivity index (χ4n) is 2.78. The number of hydrogen-bond acceptors (Lipinski definition) is 8. The van der Waals surface area contributed by atoms with Crippen LogP contribution in [0.5, 0.6) is 0 Å². The second-order valence-electron chi connectivity index (χ2n) is 6.30. The quantitative estimate of drug-likeness (QED) is 0.362. The number of benzene rings is 1. The number of amides is 1. The molecule has 1 unspecified atom stereocenters. The molecule has 0 fully saturated rings. The molecular weight excluding hydrogens is 380 g/mol. The first kappa shape index (κ1) is 21.7. The number of carboxylic acid groups (broad SMARTS) is 1. The predicted octanol–water partition coefficient (Wildman–Crippen LogP) is 1.99. The van der Waals surface area contributed by atoms with Gasteiger partial charge in [0.05, 0.1) is 11.0 Å². The van der Waals surface area contributed by atoms with Gasteiger partial charge in [0.15, 0.2) is 0 Å². The van der Waals surface area contributed by atoms with Crippen molar-refractivity contribution >= 4 is 34.8 Å². The normalized spacial score (nSPS) is 11.6. The second-order valence-corrected chi connectivity index (χ2v) is 6.30. The molecule has 0 aliphatic rings. The minimum atomic E-state index is -1.26. The van der Waals surface area contributed by atoms with Crippen molar-refractivity contribution in [3.05, 3.63) is 46.5 Å². The summed E-state index contributed by atoms with van der Waals surface area (Å²) in [5.74, 6) is -0.243. The van der Waals surface area contributed by atoms with Crippen LogP contribution in [-0.4, -0.2) is 59.0 Å². The summed E-state index contributed by atoms with van der Waals surface area (Å²) >= 11 is 0. The van der Waals surface area contributed by atoms with Gasteiger partial charge in [0.1, 0.15) is 11.5 Å². The molecule has 0 bridgehead atoms. The molecule has 0 aliphatic heterocycles. The Morgan fingerprint density at radius 3 is 2.59 bits per heavy atom. The maximum Gasteiger partial charge on any atom is 0.413 e. The number of para-hydroxylation sites is 1. The molecular formula is C18H24N6O5. The molecule has 1 atom stereocenters. The number of likely N-dealkylation sites (N-methyl/N-ethyl adjacent to an activating group) is 1. The number of aliphatic hydroxyl groups excluding tert-OH is 1. The van der Waals surface area contributed by atoms with E-state index in [2.05, 4.69) is 10.3 Å². The number of pyridine rings is 1. The lowest BCUT2D eigenvalue weighted by molar-refractivity contribution is -0.383. The van der Waals surface area contributed by atoms with E-state index in [1.807, 2.05) is 42.3 Å². The molecule has 1 heterocycles. The molecule has 5 N–H and O–H groups in total. The third-order valence-corrected chi connectivity index (χ3v) is 4.20. The third-order valence-electron chi connectivity index (χ3n) is 4.20. The average Bonchev–Trinajstić information content (AvgIpc) is 2.66. The molecule has 2 aromatic rings. The van der Waals surface area contributed by atoms with Crippen molar-refractivity contribution < 1.29 is 19.9 Å². The Bertz CT molecular complexity index is 863. The number of rotatable bonds is 9. The van der Waals surface area contributed by atoms with E-state index in [1.54, 1.807) is 6.92 Å². The highest BCUT2D eigenvalue weighted by molar-refractivity contribution is 5.87. The standard InChI is InChI=1S/C18H24N6O5/c1-3-23(18(26)27)15-9-14(19)16(24(28)29)17(21-15)20-10-13(25)11-22(2)12-7-5-4-6-8-12/h4-9,13,25H,3,10-11H2,1-2H3,(H,26,27)(H3,19,20,21). The Hall–Kier alpha value is -3.60. The number of nitrogens with one attached hydrogen (secondary N) is 1. The zero-order valence-electron chi connectivity index (χ0n) is 16.1. The van der Waals surface area contributed by atoms with E-state index in [-0.39, 0.29) is 37.0 Å². The first-order chi connectivity index (χ1) is 13.7. The van der Waals surface area contributed by atoms with Gasteiger partial charge in [-0.15, -0.1) is 0 Å². The van der Waals surface area contributed by atoms with Crippen molar-refractivity contribution in [2.75, 3.05) is 47.5 Å². The third kappa shape index (κ3) is 5.45. The summed E-state index contributed by atoms with van der Waals surface area (Å²) < 4.78 is 0. The van der Waals surface area contributed by atoms with Gasteiger partial charge >= 0.3 is 11.8 Å². The van der Waals surface area contributed by atoms with Crippen molar-refractivity contribution in [1.29, 1.82) is 0 Å². The van der Waals surface area contributed by atoms with Crippen LogP contribution in [0.15, 0.2) is 36.4 Å². The van der Waals surface area contributed by atoms with Crippen LogP contribution in [-0.2, 0) is 0 Å². The summed E-state index contributed by atoms with van der Waals surface area (Å²) in [5, 5.41) is 33.7. The number of nitrogen functional groups attached to an aromatic ring is 1. The number of nitrogens with zero attached hydrogens (tertiary/aromatic N) is 4. The lowest BCUT2D eigenvalue weighted by Gasteiger charge is -2.23. The van der Waals surface area contributed by atoms with Crippen LogP contribution in [0.25, 0.3) is 0 Å². The number of anilines is 4. The average molecular weight is 404 g/mol. The van der Waals surface area contributed by atoms with Crippen LogP contribution in [0, 0.1) is 10.1 Å². The monoisotopic (exact) mass is 404 g/mol. The largest absolute Gasteiger partial charge is 0.465 e. The first-order valence-electron chi connectivity index (χ1n) is 8.88. The molecule has 0 aliphatic carbocycles.